The number of fused-ring (bicyclic) bond motifs is 1. The molecule has 6 nitrogen and oxygen atoms in total. The summed E-state index contributed by atoms with van der Waals surface area (Å²) in [4.78, 5) is 27.8. The van der Waals surface area contributed by atoms with Gasteiger partial charge in [0.2, 0.25) is 0 Å². The minimum Gasteiger partial charge on any atom is -0.475 e. The first-order valence-corrected chi connectivity index (χ1v) is 12.2. The molecular formula is C27H30F3NO5. The molecule has 1 aromatic carbocycles. The predicted molar refractivity (Wildman–Crippen MR) is 130 cm³/mol. The number of esters is 1. The van der Waals surface area contributed by atoms with Gasteiger partial charge in [-0.05, 0) is 42.7 Å². The predicted octanol–water partition coefficient (Wildman–Crippen LogP) is 6.94. The van der Waals surface area contributed by atoms with Crippen molar-refractivity contribution in [2.45, 2.75) is 64.5 Å². The number of carbonyl (C=O) groups excluding carboxylic acids is 1. The molecule has 194 valence electrons. The minimum absolute atomic E-state index is 0.158. The van der Waals surface area contributed by atoms with Crippen molar-refractivity contribution in [3.05, 3.63) is 58.6 Å². The van der Waals surface area contributed by atoms with Gasteiger partial charge in [-0.2, -0.15) is 13.2 Å². The molecule has 0 radical (unpaired) electrons. The Hall–Kier alpha value is -3.36. The van der Waals surface area contributed by atoms with Crippen LogP contribution < -0.4 is 10.4 Å². The van der Waals surface area contributed by atoms with Crippen LogP contribution in [0.5, 0.6) is 5.88 Å². The van der Waals surface area contributed by atoms with Crippen molar-refractivity contribution in [1.29, 1.82) is 0 Å². The number of hydrogen-bond donors (Lipinski definition) is 0. The lowest BCUT2D eigenvalue weighted by Gasteiger charge is -2.09. The number of nitrogens with zero attached hydrogens (tertiary/aromatic N) is 1. The van der Waals surface area contributed by atoms with Gasteiger partial charge in [0, 0.05) is 18.0 Å². The Morgan fingerprint density at radius 3 is 2.22 bits per heavy atom. The Morgan fingerprint density at radius 1 is 0.944 bits per heavy atom. The topological polar surface area (TPSA) is 78.6 Å². The third-order valence-corrected chi connectivity index (χ3v) is 5.72. The summed E-state index contributed by atoms with van der Waals surface area (Å²) >= 11 is 0. The van der Waals surface area contributed by atoms with E-state index in [1.54, 1.807) is 19.1 Å². The van der Waals surface area contributed by atoms with Crippen LogP contribution in [0.4, 0.5) is 13.2 Å². The van der Waals surface area contributed by atoms with Crippen molar-refractivity contribution < 1.29 is 31.9 Å². The molecule has 9 heteroatoms. The SMILES string of the molecule is CCC(=O)OCCCCCCCCCOc1nccc2cc(-c3ccc(C(F)(F)F)cc3)c(=O)oc12. The van der Waals surface area contributed by atoms with Crippen LogP contribution in [0.2, 0.25) is 0 Å². The number of alkyl halides is 3. The number of unbranched alkanes of at least 4 members (excludes halogenated alkanes) is 6. The summed E-state index contributed by atoms with van der Waals surface area (Å²) in [7, 11) is 0. The van der Waals surface area contributed by atoms with Crippen LogP contribution in [0.3, 0.4) is 0 Å². The van der Waals surface area contributed by atoms with Gasteiger partial charge >= 0.3 is 17.8 Å². The van der Waals surface area contributed by atoms with Gasteiger partial charge in [0.25, 0.3) is 5.88 Å². The summed E-state index contributed by atoms with van der Waals surface area (Å²) in [6, 6.07) is 7.60. The Kier molecular flexibility index (Phi) is 9.90. The first kappa shape index (κ1) is 27.2. The average molecular weight is 506 g/mol. The van der Waals surface area contributed by atoms with Crippen molar-refractivity contribution in [3.63, 3.8) is 0 Å². The van der Waals surface area contributed by atoms with Crippen LogP contribution in [0, 0.1) is 0 Å². The highest BCUT2D eigenvalue weighted by molar-refractivity contribution is 5.84. The third-order valence-electron chi connectivity index (χ3n) is 5.72. The maximum absolute atomic E-state index is 12.8. The van der Waals surface area contributed by atoms with Gasteiger partial charge in [0.15, 0.2) is 5.58 Å². The molecule has 0 N–H and O–H groups in total. The van der Waals surface area contributed by atoms with E-state index in [4.69, 9.17) is 13.9 Å². The highest BCUT2D eigenvalue weighted by atomic mass is 19.4. The molecule has 0 fully saturated rings. The lowest BCUT2D eigenvalue weighted by Crippen LogP contribution is -2.07. The van der Waals surface area contributed by atoms with Crippen molar-refractivity contribution in [1.82, 2.24) is 4.98 Å². The van der Waals surface area contributed by atoms with Crippen LogP contribution in [0.15, 0.2) is 51.8 Å². The van der Waals surface area contributed by atoms with Gasteiger partial charge in [-0.1, -0.05) is 51.2 Å². The number of rotatable bonds is 13. The molecule has 0 atom stereocenters. The molecule has 0 saturated heterocycles. The van der Waals surface area contributed by atoms with E-state index >= 15 is 0 Å². The smallest absolute Gasteiger partial charge is 0.416 e. The van der Waals surface area contributed by atoms with Gasteiger partial charge in [-0.3, -0.25) is 4.79 Å². The van der Waals surface area contributed by atoms with Crippen molar-refractivity contribution in [2.24, 2.45) is 0 Å². The second kappa shape index (κ2) is 13.1. The molecule has 0 spiro atoms. The van der Waals surface area contributed by atoms with Gasteiger partial charge < -0.3 is 13.9 Å². The molecule has 0 bridgehead atoms. The number of hydrogen-bond acceptors (Lipinski definition) is 6. The number of aromatic nitrogens is 1. The van der Waals surface area contributed by atoms with Gasteiger partial charge in [0.1, 0.15) is 0 Å². The molecule has 0 saturated carbocycles. The molecule has 0 amide bonds. The first-order valence-electron chi connectivity index (χ1n) is 12.2. The molecule has 2 aromatic heterocycles. The summed E-state index contributed by atoms with van der Waals surface area (Å²) in [5, 5.41) is 0.569. The quantitative estimate of drug-likeness (QED) is 0.185. The van der Waals surface area contributed by atoms with Crippen molar-refractivity contribution in [2.75, 3.05) is 13.2 Å². The number of halogens is 3. The molecule has 3 aromatic rings. The summed E-state index contributed by atoms with van der Waals surface area (Å²) in [5.74, 6) is 0.0553. The Labute approximate surface area is 207 Å². The van der Waals surface area contributed by atoms with Gasteiger partial charge in [-0.15, -0.1) is 0 Å². The molecule has 0 aliphatic heterocycles. The monoisotopic (exact) mass is 505 g/mol. The maximum atomic E-state index is 12.8. The zero-order chi connectivity index (χ0) is 26.0. The second-order valence-electron chi connectivity index (χ2n) is 8.45. The molecule has 0 unspecified atom stereocenters. The molecule has 0 aliphatic rings. The van der Waals surface area contributed by atoms with E-state index in [-0.39, 0.29) is 23.0 Å². The molecular weight excluding hydrogens is 475 g/mol. The lowest BCUT2D eigenvalue weighted by atomic mass is 10.0. The molecule has 3 rings (SSSR count). The summed E-state index contributed by atoms with van der Waals surface area (Å²) < 4.78 is 54.7. The van der Waals surface area contributed by atoms with E-state index in [0.717, 1.165) is 57.1 Å². The summed E-state index contributed by atoms with van der Waals surface area (Å²) in [5.41, 5.74) is -0.755. The standard InChI is InChI=1S/C27H30F3NO5/c1-2-23(32)34-16-8-6-4-3-5-7-9-17-35-25-24-20(14-15-31-25)18-22(26(33)36-24)19-10-12-21(13-11-19)27(28,29)30/h10-15,18H,2-9,16-17H2,1H3. The van der Waals surface area contributed by atoms with Gasteiger partial charge in [-0.25, -0.2) is 9.78 Å². The number of ether oxygens (including phenoxy) is 2. The molecule has 36 heavy (non-hydrogen) atoms. The number of carbonyl (C=O) groups is 1. The largest absolute Gasteiger partial charge is 0.475 e. The molecule has 0 aliphatic carbocycles. The Morgan fingerprint density at radius 2 is 1.58 bits per heavy atom. The lowest BCUT2D eigenvalue weighted by molar-refractivity contribution is -0.143. The third kappa shape index (κ3) is 7.83. The van der Waals surface area contributed by atoms with Crippen LogP contribution in [-0.2, 0) is 15.7 Å². The minimum atomic E-state index is -4.45. The van der Waals surface area contributed by atoms with Crippen molar-refractivity contribution >= 4 is 16.9 Å². The highest BCUT2D eigenvalue weighted by Gasteiger charge is 2.30. The second-order valence-corrected chi connectivity index (χ2v) is 8.45. The average Bonchev–Trinajstić information content (AvgIpc) is 2.86. The van der Waals surface area contributed by atoms with E-state index in [1.165, 1.54) is 18.3 Å². The fourth-order valence-electron chi connectivity index (χ4n) is 3.71. The number of pyridine rings is 1. The Bertz CT molecular complexity index is 1190. The number of benzene rings is 1. The zero-order valence-corrected chi connectivity index (χ0v) is 20.2. The maximum Gasteiger partial charge on any atom is 0.416 e. The fourth-order valence-corrected chi connectivity index (χ4v) is 3.71. The van der Waals surface area contributed by atoms with Crippen LogP contribution in [0.25, 0.3) is 22.1 Å². The Balaban J connectivity index is 1.48. The zero-order valence-electron chi connectivity index (χ0n) is 20.2. The summed E-state index contributed by atoms with van der Waals surface area (Å²) in [6.07, 6.45) is 4.45. The fraction of sp³-hybridized carbons (Fsp3) is 0.444. The first-order chi connectivity index (χ1) is 17.3. The van der Waals surface area contributed by atoms with E-state index in [9.17, 15) is 22.8 Å². The van der Waals surface area contributed by atoms with Crippen LogP contribution in [0.1, 0.15) is 63.9 Å². The highest BCUT2D eigenvalue weighted by Crippen LogP contribution is 2.31. The van der Waals surface area contributed by atoms with E-state index in [1.807, 2.05) is 0 Å². The van der Waals surface area contributed by atoms with E-state index in [2.05, 4.69) is 4.98 Å². The van der Waals surface area contributed by atoms with Crippen LogP contribution >= 0.6 is 0 Å². The van der Waals surface area contributed by atoms with Crippen molar-refractivity contribution in [3.8, 4) is 17.0 Å². The van der Waals surface area contributed by atoms with Crippen LogP contribution in [-0.4, -0.2) is 24.2 Å². The normalized spacial score (nSPS) is 11.6. The summed E-state index contributed by atoms with van der Waals surface area (Å²) in [6.45, 7) is 2.69. The van der Waals surface area contributed by atoms with Gasteiger partial charge in [0.05, 0.1) is 24.3 Å². The van der Waals surface area contributed by atoms with E-state index in [0.29, 0.717) is 30.6 Å². The molecule has 2 heterocycles. The van der Waals surface area contributed by atoms with E-state index < -0.39 is 17.4 Å².